The fourth-order valence-corrected chi connectivity index (χ4v) is 4.44. The van der Waals surface area contributed by atoms with Gasteiger partial charge in [-0.05, 0) is 12.3 Å². The van der Waals surface area contributed by atoms with Gasteiger partial charge in [0.15, 0.2) is 8.68 Å². The fraction of sp³-hybridized carbons (Fsp3) is 0.636. The zero-order valence-corrected chi connectivity index (χ0v) is 14.0. The summed E-state index contributed by atoms with van der Waals surface area (Å²) in [5, 5.41) is 9.84. The van der Waals surface area contributed by atoms with Gasteiger partial charge in [-0.2, -0.15) is 0 Å². The van der Waals surface area contributed by atoms with Crippen molar-refractivity contribution in [3.63, 3.8) is 0 Å². The summed E-state index contributed by atoms with van der Waals surface area (Å²) >= 11 is 4.43. The van der Waals surface area contributed by atoms with Gasteiger partial charge in [0, 0.05) is 5.75 Å². The van der Waals surface area contributed by atoms with Crippen molar-refractivity contribution in [3.8, 4) is 0 Å². The molecular formula is C11H18N4O2S3. The van der Waals surface area contributed by atoms with Crippen LogP contribution in [0.3, 0.4) is 0 Å². The third-order valence-corrected chi connectivity index (χ3v) is 6.05. The molecule has 1 rings (SSSR count). The third-order valence-electron chi connectivity index (χ3n) is 2.16. The van der Waals surface area contributed by atoms with Crippen molar-refractivity contribution < 1.29 is 9.59 Å². The van der Waals surface area contributed by atoms with E-state index in [1.807, 2.05) is 13.8 Å². The zero-order chi connectivity index (χ0) is 15.1. The summed E-state index contributed by atoms with van der Waals surface area (Å²) in [5.41, 5.74) is 4.97. The van der Waals surface area contributed by atoms with E-state index in [1.54, 1.807) is 11.8 Å². The molecule has 0 fully saturated rings. The molecule has 0 radical (unpaired) electrons. The van der Waals surface area contributed by atoms with Gasteiger partial charge in [0.1, 0.15) is 0 Å². The number of carbonyl (C=O) groups is 2. The second-order valence-corrected chi connectivity index (χ2v) is 8.03. The highest BCUT2D eigenvalue weighted by Gasteiger charge is 2.26. The number of nitrogens with zero attached hydrogens (tertiary/aromatic N) is 2. The minimum absolute atomic E-state index is 0.0509. The third kappa shape index (κ3) is 5.68. The number of rotatable bonds is 7. The normalized spacial score (nSPS) is 12.4. The number of imide groups is 1. The van der Waals surface area contributed by atoms with Crippen LogP contribution in [0.5, 0.6) is 0 Å². The van der Waals surface area contributed by atoms with Gasteiger partial charge in [-0.1, -0.05) is 55.6 Å². The zero-order valence-electron chi connectivity index (χ0n) is 11.6. The Morgan fingerprint density at radius 1 is 1.35 bits per heavy atom. The summed E-state index contributed by atoms with van der Waals surface area (Å²) in [6, 6.07) is -0.835. The number of thioether (sulfide) groups is 2. The number of primary amides is 1. The summed E-state index contributed by atoms with van der Waals surface area (Å²) in [6.07, 6.45) is 1.07. The van der Waals surface area contributed by atoms with Gasteiger partial charge >= 0.3 is 6.03 Å². The lowest BCUT2D eigenvalue weighted by Crippen LogP contribution is -2.42. The lowest BCUT2D eigenvalue weighted by Gasteiger charge is -2.16. The van der Waals surface area contributed by atoms with Crippen LogP contribution in [0.4, 0.5) is 4.79 Å². The van der Waals surface area contributed by atoms with E-state index in [0.29, 0.717) is 0 Å². The molecule has 0 aromatic carbocycles. The average molecular weight is 334 g/mol. The van der Waals surface area contributed by atoms with Gasteiger partial charge in [-0.25, -0.2) is 4.79 Å². The molecule has 1 aromatic heterocycles. The second-order valence-electron chi connectivity index (χ2n) is 4.32. The molecule has 6 nitrogen and oxygen atoms in total. The number of carbonyl (C=O) groups excluding carboxylic acids is 2. The Balaban J connectivity index is 2.68. The van der Waals surface area contributed by atoms with Crippen molar-refractivity contribution in [2.45, 2.75) is 41.1 Å². The Hall–Kier alpha value is -0.800. The van der Waals surface area contributed by atoms with Crippen LogP contribution in [0.1, 0.15) is 27.2 Å². The van der Waals surface area contributed by atoms with E-state index in [-0.39, 0.29) is 5.92 Å². The topological polar surface area (TPSA) is 98.0 Å². The van der Waals surface area contributed by atoms with Crippen molar-refractivity contribution in [3.05, 3.63) is 0 Å². The molecule has 0 saturated carbocycles. The molecule has 0 spiro atoms. The first kappa shape index (κ1) is 17.3. The first-order valence-electron chi connectivity index (χ1n) is 6.17. The lowest BCUT2D eigenvalue weighted by molar-refractivity contribution is -0.120. The molecule has 0 aliphatic heterocycles. The van der Waals surface area contributed by atoms with Gasteiger partial charge in [-0.15, -0.1) is 10.2 Å². The van der Waals surface area contributed by atoms with Crippen molar-refractivity contribution >= 4 is 46.8 Å². The van der Waals surface area contributed by atoms with E-state index in [9.17, 15) is 9.59 Å². The van der Waals surface area contributed by atoms with Gasteiger partial charge in [0.05, 0.1) is 5.25 Å². The predicted molar refractivity (Wildman–Crippen MR) is 83.1 cm³/mol. The van der Waals surface area contributed by atoms with Gasteiger partial charge in [-0.3, -0.25) is 10.1 Å². The summed E-state index contributed by atoms with van der Waals surface area (Å²) in [6.45, 7) is 5.92. The summed E-state index contributed by atoms with van der Waals surface area (Å²) < 4.78 is 1.62. The quantitative estimate of drug-likeness (QED) is 0.743. The van der Waals surface area contributed by atoms with Crippen LogP contribution < -0.4 is 11.1 Å². The Morgan fingerprint density at radius 2 is 2.00 bits per heavy atom. The van der Waals surface area contributed by atoms with Crippen molar-refractivity contribution in [1.29, 1.82) is 0 Å². The maximum atomic E-state index is 11.9. The first-order chi connectivity index (χ1) is 9.43. The smallest absolute Gasteiger partial charge is 0.318 e. The lowest BCUT2D eigenvalue weighted by atomic mass is 10.1. The summed E-state index contributed by atoms with van der Waals surface area (Å²) in [7, 11) is 0. The van der Waals surface area contributed by atoms with Crippen LogP contribution in [0.15, 0.2) is 8.68 Å². The molecule has 1 heterocycles. The highest BCUT2D eigenvalue weighted by Crippen LogP contribution is 2.33. The van der Waals surface area contributed by atoms with Crippen LogP contribution in [0.2, 0.25) is 0 Å². The largest absolute Gasteiger partial charge is 0.351 e. The maximum Gasteiger partial charge on any atom is 0.318 e. The molecule has 3 N–H and O–H groups in total. The molecule has 1 atom stereocenters. The van der Waals surface area contributed by atoms with E-state index in [1.165, 1.54) is 23.1 Å². The molecule has 20 heavy (non-hydrogen) atoms. The predicted octanol–water partition coefficient (Wildman–Crippen LogP) is 2.35. The highest BCUT2D eigenvalue weighted by molar-refractivity contribution is 8.04. The standard InChI is InChI=1S/C11H18N4O2S3/c1-4-5-18-10-14-15-11(20-10)19-7(6(2)3)8(16)13-9(12)17/h6-7H,4-5H2,1-3H3,(H3,12,13,16,17)/t7-/m1/s1. The number of nitrogens with one attached hydrogen (secondary N) is 1. The number of urea groups is 1. The van der Waals surface area contributed by atoms with E-state index in [2.05, 4.69) is 22.4 Å². The Labute approximate surface area is 130 Å². The molecule has 1 aromatic rings. The molecule has 0 aliphatic carbocycles. The number of nitrogens with two attached hydrogens (primary N) is 1. The van der Waals surface area contributed by atoms with Gasteiger partial charge in [0.2, 0.25) is 5.91 Å². The number of hydrogen-bond donors (Lipinski definition) is 2. The highest BCUT2D eigenvalue weighted by atomic mass is 32.2. The Morgan fingerprint density at radius 3 is 2.55 bits per heavy atom. The van der Waals surface area contributed by atoms with E-state index >= 15 is 0 Å². The van der Waals surface area contributed by atoms with Crippen molar-refractivity contribution in [2.75, 3.05) is 5.75 Å². The molecule has 3 amide bonds. The second kappa shape index (κ2) is 8.48. The summed E-state index contributed by atoms with van der Waals surface area (Å²) in [5.74, 6) is 0.653. The van der Waals surface area contributed by atoms with Crippen LogP contribution in [-0.2, 0) is 4.79 Å². The fourth-order valence-electron chi connectivity index (χ4n) is 1.29. The Kier molecular flexibility index (Phi) is 7.31. The summed E-state index contributed by atoms with van der Waals surface area (Å²) in [4.78, 5) is 22.7. The minimum Gasteiger partial charge on any atom is -0.351 e. The average Bonchev–Trinajstić information content (AvgIpc) is 2.79. The van der Waals surface area contributed by atoms with Crippen molar-refractivity contribution in [2.24, 2.45) is 11.7 Å². The number of aromatic nitrogens is 2. The maximum absolute atomic E-state index is 11.9. The van der Waals surface area contributed by atoms with E-state index < -0.39 is 17.2 Å². The van der Waals surface area contributed by atoms with Crippen molar-refractivity contribution in [1.82, 2.24) is 15.5 Å². The van der Waals surface area contributed by atoms with Crippen LogP contribution >= 0.6 is 34.9 Å². The molecule has 0 saturated heterocycles. The van der Waals surface area contributed by atoms with Gasteiger partial charge < -0.3 is 5.73 Å². The van der Waals surface area contributed by atoms with Crippen LogP contribution in [-0.4, -0.2) is 33.1 Å². The molecular weight excluding hydrogens is 316 g/mol. The van der Waals surface area contributed by atoms with E-state index in [0.717, 1.165) is 20.9 Å². The van der Waals surface area contributed by atoms with Crippen LogP contribution in [0.25, 0.3) is 0 Å². The SMILES string of the molecule is CCCSc1nnc(S[C@@H](C(=O)NC(N)=O)C(C)C)s1. The molecule has 0 unspecified atom stereocenters. The van der Waals surface area contributed by atoms with E-state index in [4.69, 9.17) is 5.73 Å². The Bertz CT molecular complexity index is 464. The molecule has 0 bridgehead atoms. The van der Waals surface area contributed by atoms with Gasteiger partial charge in [0.25, 0.3) is 0 Å². The van der Waals surface area contributed by atoms with Crippen LogP contribution in [0, 0.1) is 5.92 Å². The minimum atomic E-state index is -0.835. The molecule has 9 heteroatoms. The first-order valence-corrected chi connectivity index (χ1v) is 8.85. The monoisotopic (exact) mass is 334 g/mol. The molecule has 112 valence electrons. The number of amides is 3. The number of hydrogen-bond acceptors (Lipinski definition) is 7. The molecule has 0 aliphatic rings.